The zero-order chi connectivity index (χ0) is 26.1. The van der Waals surface area contributed by atoms with Crippen molar-refractivity contribution < 1.29 is 42.8 Å². The number of carbonyl (C=O) groups is 1. The van der Waals surface area contributed by atoms with Gasteiger partial charge < -0.3 is 24.7 Å². The van der Waals surface area contributed by atoms with E-state index in [9.17, 15) is 33.6 Å². The van der Waals surface area contributed by atoms with Crippen molar-refractivity contribution in [2.45, 2.75) is 99.9 Å². The SMILES string of the molecule is O=C(CCCCCC[C@@H]1C(CC[C@@H](O)CS(=O)c2ccccc2)[C@H](O)C[C@@H]1OP(=O)(O)O)OC1CC1. The summed E-state index contributed by atoms with van der Waals surface area (Å²) in [6.07, 6.45) is 4.73. The summed E-state index contributed by atoms with van der Waals surface area (Å²) in [5.41, 5.74) is 0. The van der Waals surface area contributed by atoms with E-state index >= 15 is 0 Å². The van der Waals surface area contributed by atoms with Gasteiger partial charge in [-0.3, -0.25) is 13.5 Å². The van der Waals surface area contributed by atoms with Crippen molar-refractivity contribution in [3.63, 3.8) is 0 Å². The van der Waals surface area contributed by atoms with Crippen LogP contribution in [0.3, 0.4) is 0 Å². The number of phosphoric ester groups is 1. The van der Waals surface area contributed by atoms with Crippen LogP contribution in [0.1, 0.15) is 70.6 Å². The molecule has 0 saturated heterocycles. The molecule has 9 nitrogen and oxygen atoms in total. The Labute approximate surface area is 215 Å². The first-order chi connectivity index (χ1) is 17.1. The summed E-state index contributed by atoms with van der Waals surface area (Å²) in [5, 5.41) is 21.1. The van der Waals surface area contributed by atoms with E-state index in [-0.39, 0.29) is 36.1 Å². The molecule has 36 heavy (non-hydrogen) atoms. The highest BCUT2D eigenvalue weighted by Crippen LogP contribution is 2.48. The second kappa shape index (κ2) is 14.1. The number of phosphoric acid groups is 1. The minimum atomic E-state index is -4.72. The van der Waals surface area contributed by atoms with Crippen LogP contribution < -0.4 is 0 Å². The number of carbonyl (C=O) groups excluding carboxylic acids is 1. The summed E-state index contributed by atoms with van der Waals surface area (Å²) in [7, 11) is -6.06. The Balaban J connectivity index is 1.46. The molecule has 0 bridgehead atoms. The van der Waals surface area contributed by atoms with Gasteiger partial charge >= 0.3 is 13.8 Å². The molecular weight excluding hydrogens is 507 g/mol. The first-order valence-corrected chi connectivity index (χ1v) is 15.7. The molecule has 2 aliphatic rings. The number of aliphatic hydroxyl groups is 2. The van der Waals surface area contributed by atoms with E-state index in [1.165, 1.54) is 0 Å². The molecule has 0 aliphatic heterocycles. The topological polar surface area (TPSA) is 151 Å². The van der Waals surface area contributed by atoms with Crippen molar-refractivity contribution in [3.05, 3.63) is 30.3 Å². The maximum absolute atomic E-state index is 12.5. The van der Waals surface area contributed by atoms with Gasteiger partial charge in [-0.15, -0.1) is 0 Å². The normalized spacial score (nSPS) is 26.0. The molecule has 2 unspecified atom stereocenters. The van der Waals surface area contributed by atoms with Gasteiger partial charge in [-0.25, -0.2) is 4.57 Å². The number of ether oxygens (including phenoxy) is 1. The number of benzene rings is 1. The number of aliphatic hydroxyl groups excluding tert-OH is 2. The molecule has 0 amide bonds. The maximum Gasteiger partial charge on any atom is 0.469 e. The number of hydrogen-bond donors (Lipinski definition) is 4. The van der Waals surface area contributed by atoms with Crippen LogP contribution in [0.4, 0.5) is 0 Å². The van der Waals surface area contributed by atoms with Crippen molar-refractivity contribution >= 4 is 24.6 Å². The average Bonchev–Trinajstić information content (AvgIpc) is 3.57. The number of hydrogen-bond acceptors (Lipinski definition) is 7. The van der Waals surface area contributed by atoms with Crippen molar-refractivity contribution in [1.82, 2.24) is 0 Å². The first-order valence-electron chi connectivity index (χ1n) is 12.9. The van der Waals surface area contributed by atoms with Crippen LogP contribution in [-0.2, 0) is 29.4 Å². The van der Waals surface area contributed by atoms with Gasteiger partial charge in [-0.1, -0.05) is 37.5 Å². The van der Waals surface area contributed by atoms with Crippen LogP contribution >= 0.6 is 7.82 Å². The number of unbranched alkanes of at least 4 members (excludes halogenated alkanes) is 3. The van der Waals surface area contributed by atoms with Crippen LogP contribution in [-0.4, -0.2) is 60.3 Å². The van der Waals surface area contributed by atoms with Crippen LogP contribution in [0.15, 0.2) is 35.2 Å². The molecule has 2 aliphatic carbocycles. The van der Waals surface area contributed by atoms with Gasteiger partial charge in [0.15, 0.2) is 0 Å². The Bertz CT molecular complexity index is 889. The average molecular weight is 547 g/mol. The standard InChI is InChI=1S/C25H39O9PS/c26-18(17-36(32)20-8-4-3-5-9-20)12-15-21-22(24(16-23(21)27)34-35(29,30)31)10-6-1-2-7-11-25(28)33-19-13-14-19/h3-5,8-9,18-19,21-24,26-27H,1-2,6-7,10-17H2,(H2,29,30,31)/t18-,21?,22-,23-,24+,36?/m1/s1. The third-order valence-electron chi connectivity index (χ3n) is 6.94. The van der Waals surface area contributed by atoms with Gasteiger partial charge in [0.25, 0.3) is 0 Å². The van der Waals surface area contributed by atoms with Gasteiger partial charge in [-0.05, 0) is 62.5 Å². The molecule has 2 fully saturated rings. The van der Waals surface area contributed by atoms with E-state index in [2.05, 4.69) is 0 Å². The predicted octanol–water partition coefficient (Wildman–Crippen LogP) is 3.46. The van der Waals surface area contributed by atoms with E-state index in [0.717, 1.165) is 38.5 Å². The molecule has 0 aromatic heterocycles. The number of esters is 1. The van der Waals surface area contributed by atoms with Gasteiger partial charge in [0.2, 0.25) is 0 Å². The van der Waals surface area contributed by atoms with Crippen molar-refractivity contribution in [2.75, 3.05) is 5.75 Å². The van der Waals surface area contributed by atoms with Gasteiger partial charge in [0, 0.05) is 17.7 Å². The molecule has 1 aromatic carbocycles. The Hall–Kier alpha value is -1.13. The minimum absolute atomic E-state index is 0.0864. The second-order valence-corrected chi connectivity index (χ2v) is 12.7. The van der Waals surface area contributed by atoms with E-state index < -0.39 is 36.9 Å². The third-order valence-corrected chi connectivity index (χ3v) is 8.97. The predicted molar refractivity (Wildman–Crippen MR) is 134 cm³/mol. The lowest BCUT2D eigenvalue weighted by Gasteiger charge is -2.26. The minimum Gasteiger partial charge on any atom is -0.462 e. The molecule has 1 aromatic rings. The molecule has 0 spiro atoms. The second-order valence-electron chi connectivity index (χ2n) is 9.96. The maximum atomic E-state index is 12.5. The molecule has 0 heterocycles. The first kappa shape index (κ1) is 29.4. The van der Waals surface area contributed by atoms with Crippen molar-refractivity contribution in [1.29, 1.82) is 0 Å². The molecule has 4 N–H and O–H groups in total. The van der Waals surface area contributed by atoms with E-state index in [1.54, 1.807) is 24.3 Å². The van der Waals surface area contributed by atoms with Crippen LogP contribution in [0, 0.1) is 11.8 Å². The summed E-state index contributed by atoms with van der Waals surface area (Å²) in [6.45, 7) is 0. The van der Waals surface area contributed by atoms with Gasteiger partial charge in [0.05, 0.1) is 34.9 Å². The zero-order valence-corrected chi connectivity index (χ0v) is 22.2. The molecular formula is C25H39O9PS. The molecule has 11 heteroatoms. The number of rotatable bonds is 16. The fraction of sp³-hybridized carbons (Fsp3) is 0.720. The van der Waals surface area contributed by atoms with Gasteiger partial charge in [0.1, 0.15) is 6.10 Å². The van der Waals surface area contributed by atoms with Crippen LogP contribution in [0.25, 0.3) is 0 Å². The van der Waals surface area contributed by atoms with Gasteiger partial charge in [-0.2, -0.15) is 0 Å². The highest BCUT2D eigenvalue weighted by Gasteiger charge is 2.45. The lowest BCUT2D eigenvalue weighted by atomic mass is 9.85. The lowest BCUT2D eigenvalue weighted by molar-refractivity contribution is -0.145. The summed E-state index contributed by atoms with van der Waals surface area (Å²) in [5.74, 6) is -0.615. The molecule has 3 rings (SSSR count). The summed E-state index contributed by atoms with van der Waals surface area (Å²) in [4.78, 5) is 31.0. The lowest BCUT2D eigenvalue weighted by Crippen LogP contribution is -2.26. The molecule has 204 valence electrons. The van der Waals surface area contributed by atoms with E-state index in [0.29, 0.717) is 30.6 Å². The largest absolute Gasteiger partial charge is 0.469 e. The molecule has 2 saturated carbocycles. The zero-order valence-electron chi connectivity index (χ0n) is 20.5. The summed E-state index contributed by atoms with van der Waals surface area (Å²) >= 11 is 0. The Morgan fingerprint density at radius 2 is 1.75 bits per heavy atom. The Morgan fingerprint density at radius 3 is 2.42 bits per heavy atom. The fourth-order valence-electron chi connectivity index (χ4n) is 5.00. The molecule has 6 atom stereocenters. The highest BCUT2D eigenvalue weighted by molar-refractivity contribution is 7.85. The van der Waals surface area contributed by atoms with Crippen LogP contribution in [0.5, 0.6) is 0 Å². The fourth-order valence-corrected chi connectivity index (χ4v) is 6.76. The Morgan fingerprint density at radius 1 is 1.06 bits per heavy atom. The quantitative estimate of drug-likeness (QED) is 0.139. The summed E-state index contributed by atoms with van der Waals surface area (Å²) in [6, 6.07) is 8.91. The summed E-state index contributed by atoms with van der Waals surface area (Å²) < 4.78 is 34.2. The smallest absolute Gasteiger partial charge is 0.462 e. The van der Waals surface area contributed by atoms with Crippen LogP contribution in [0.2, 0.25) is 0 Å². The van der Waals surface area contributed by atoms with E-state index in [1.807, 2.05) is 6.07 Å². The molecule has 0 radical (unpaired) electrons. The van der Waals surface area contributed by atoms with Crippen molar-refractivity contribution in [2.24, 2.45) is 11.8 Å². The van der Waals surface area contributed by atoms with E-state index in [4.69, 9.17) is 9.26 Å². The van der Waals surface area contributed by atoms with Crippen molar-refractivity contribution in [3.8, 4) is 0 Å². The Kier molecular flexibility index (Phi) is 11.6. The third kappa shape index (κ3) is 10.3. The monoisotopic (exact) mass is 546 g/mol. The highest BCUT2D eigenvalue weighted by atomic mass is 32.2.